The minimum Gasteiger partial charge on any atom is -0.772 e. The summed E-state index contributed by atoms with van der Waals surface area (Å²) >= 11 is -1.93. The van der Waals surface area contributed by atoms with Crippen molar-refractivity contribution >= 4 is 11.1 Å². The summed E-state index contributed by atoms with van der Waals surface area (Å²) < 4.78 is 20.8. The van der Waals surface area contributed by atoms with E-state index in [9.17, 15) is 8.76 Å². The van der Waals surface area contributed by atoms with E-state index in [0.717, 1.165) is 12.0 Å². The molecule has 3 heteroatoms. The molecule has 1 unspecified atom stereocenters. The zero-order valence-corrected chi connectivity index (χ0v) is 9.89. The van der Waals surface area contributed by atoms with Gasteiger partial charge in [-0.2, -0.15) is 0 Å². The van der Waals surface area contributed by atoms with Crippen LogP contribution in [0.5, 0.6) is 0 Å². The first-order valence-corrected chi connectivity index (χ1v) is 6.60. The third kappa shape index (κ3) is 5.09. The van der Waals surface area contributed by atoms with Gasteiger partial charge >= 0.3 is 0 Å². The highest BCUT2D eigenvalue weighted by atomic mass is 32.2. The Kier molecular flexibility index (Phi) is 5.58. The van der Waals surface area contributed by atoms with E-state index in [-0.39, 0.29) is 5.75 Å². The van der Waals surface area contributed by atoms with Crippen LogP contribution in [0.2, 0.25) is 0 Å². The van der Waals surface area contributed by atoms with Crippen LogP contribution < -0.4 is 0 Å². The predicted molar refractivity (Wildman–Crippen MR) is 62.5 cm³/mol. The van der Waals surface area contributed by atoms with E-state index >= 15 is 0 Å². The predicted octanol–water partition coefficient (Wildman–Crippen LogP) is 2.45. The maximum Gasteiger partial charge on any atom is 0.0142 e. The van der Waals surface area contributed by atoms with Crippen molar-refractivity contribution in [1.29, 1.82) is 0 Å². The molecule has 0 amide bonds. The van der Waals surface area contributed by atoms with Gasteiger partial charge in [0, 0.05) is 5.75 Å². The molecular formula is C12H17O2S-. The number of hydrogen-bond acceptors (Lipinski definition) is 2. The van der Waals surface area contributed by atoms with Crippen molar-refractivity contribution in [3.8, 4) is 0 Å². The molecule has 0 aliphatic rings. The Labute approximate surface area is 94.0 Å². The summed E-state index contributed by atoms with van der Waals surface area (Å²) in [6.45, 7) is 2.18. The van der Waals surface area contributed by atoms with E-state index in [1.807, 2.05) is 12.1 Å². The average Bonchev–Trinajstić information content (AvgIpc) is 2.25. The minimum atomic E-state index is -1.93. The van der Waals surface area contributed by atoms with E-state index in [1.54, 1.807) is 0 Å². The molecule has 1 rings (SSSR count). The van der Waals surface area contributed by atoms with Gasteiger partial charge in [0.15, 0.2) is 0 Å². The summed E-state index contributed by atoms with van der Waals surface area (Å²) in [4.78, 5) is 0. The second-order valence-corrected chi connectivity index (χ2v) is 4.69. The molecule has 1 aromatic carbocycles. The fraction of sp³-hybridized carbons (Fsp3) is 0.500. The van der Waals surface area contributed by atoms with Crippen LogP contribution in [0, 0.1) is 0 Å². The maximum absolute atomic E-state index is 10.4. The van der Waals surface area contributed by atoms with Gasteiger partial charge in [0.05, 0.1) is 0 Å². The summed E-state index contributed by atoms with van der Waals surface area (Å²) in [6, 6.07) is 8.24. The molecule has 0 heterocycles. The van der Waals surface area contributed by atoms with E-state index in [0.29, 0.717) is 6.42 Å². The molecule has 0 fully saturated rings. The molecular weight excluding hydrogens is 208 g/mol. The summed E-state index contributed by atoms with van der Waals surface area (Å²) in [5.41, 5.74) is 2.43. The highest BCUT2D eigenvalue weighted by molar-refractivity contribution is 7.79. The van der Waals surface area contributed by atoms with Crippen LogP contribution in [0.3, 0.4) is 0 Å². The summed E-state index contributed by atoms with van der Waals surface area (Å²) in [5, 5.41) is 0. The van der Waals surface area contributed by atoms with Crippen LogP contribution in [-0.2, 0) is 23.9 Å². The molecule has 0 N–H and O–H groups in total. The van der Waals surface area contributed by atoms with E-state index in [2.05, 4.69) is 19.1 Å². The second kappa shape index (κ2) is 6.75. The first kappa shape index (κ1) is 12.4. The fourth-order valence-corrected chi connectivity index (χ4v) is 1.86. The van der Waals surface area contributed by atoms with Crippen molar-refractivity contribution in [2.24, 2.45) is 0 Å². The largest absolute Gasteiger partial charge is 0.772 e. The second-order valence-electron chi connectivity index (χ2n) is 3.68. The Balaban J connectivity index is 2.45. The van der Waals surface area contributed by atoms with Gasteiger partial charge in [0.2, 0.25) is 0 Å². The summed E-state index contributed by atoms with van der Waals surface area (Å²) in [6.07, 6.45) is 4.15. The number of rotatable bonds is 6. The van der Waals surface area contributed by atoms with Gasteiger partial charge in [-0.05, 0) is 30.4 Å². The van der Waals surface area contributed by atoms with E-state index in [4.69, 9.17) is 0 Å². The summed E-state index contributed by atoms with van der Waals surface area (Å²) in [5.74, 6) is 0.217. The van der Waals surface area contributed by atoms with Crippen molar-refractivity contribution in [1.82, 2.24) is 0 Å². The molecule has 1 atom stereocenters. The van der Waals surface area contributed by atoms with Crippen LogP contribution in [0.15, 0.2) is 24.3 Å². The molecule has 1 aromatic rings. The highest BCUT2D eigenvalue weighted by Gasteiger charge is 1.95. The smallest absolute Gasteiger partial charge is 0.0142 e. The molecule has 84 valence electrons. The molecule has 15 heavy (non-hydrogen) atoms. The van der Waals surface area contributed by atoms with Crippen LogP contribution in [-0.4, -0.2) is 14.5 Å². The third-order valence-corrected chi connectivity index (χ3v) is 2.94. The lowest BCUT2D eigenvalue weighted by molar-refractivity contribution is 0.536. The normalized spacial score (nSPS) is 12.7. The molecule has 0 bridgehead atoms. The number of aryl methyl sites for hydroxylation is 2. The molecule has 2 nitrogen and oxygen atoms in total. The quantitative estimate of drug-likeness (QED) is 0.698. The van der Waals surface area contributed by atoms with Crippen molar-refractivity contribution in [3.63, 3.8) is 0 Å². The third-order valence-electron chi connectivity index (χ3n) is 2.40. The Morgan fingerprint density at radius 3 is 2.13 bits per heavy atom. The first-order chi connectivity index (χ1) is 7.22. The number of hydrogen-bond donors (Lipinski definition) is 0. The van der Waals surface area contributed by atoms with E-state index in [1.165, 1.54) is 18.4 Å². The standard InChI is InChI=1S/C12H18O2S/c1-2-3-4-11-5-7-12(8-6-11)9-10-15(13)14/h5-8H,2-4,9-10H2,1H3,(H,13,14)/p-1. The number of benzene rings is 1. The van der Waals surface area contributed by atoms with Gasteiger partial charge < -0.3 is 4.55 Å². The molecule has 0 spiro atoms. The van der Waals surface area contributed by atoms with Gasteiger partial charge in [0.1, 0.15) is 0 Å². The van der Waals surface area contributed by atoms with Crippen LogP contribution in [0.25, 0.3) is 0 Å². The van der Waals surface area contributed by atoms with E-state index < -0.39 is 11.1 Å². The Hall–Kier alpha value is -0.670. The minimum absolute atomic E-state index is 0.217. The average molecular weight is 225 g/mol. The highest BCUT2D eigenvalue weighted by Crippen LogP contribution is 2.08. The van der Waals surface area contributed by atoms with Crippen LogP contribution in [0.1, 0.15) is 30.9 Å². The van der Waals surface area contributed by atoms with Crippen molar-refractivity contribution in [2.75, 3.05) is 5.75 Å². The van der Waals surface area contributed by atoms with Crippen molar-refractivity contribution in [2.45, 2.75) is 32.6 Å². The lowest BCUT2D eigenvalue weighted by Crippen LogP contribution is -1.99. The molecule has 0 saturated heterocycles. The Morgan fingerprint density at radius 2 is 1.67 bits per heavy atom. The van der Waals surface area contributed by atoms with Gasteiger partial charge in [-0.1, -0.05) is 48.7 Å². The zero-order valence-electron chi connectivity index (χ0n) is 9.07. The molecule has 0 radical (unpaired) electrons. The number of unbranched alkanes of at least 4 members (excludes halogenated alkanes) is 1. The molecule has 0 aliphatic heterocycles. The Bertz CT molecular complexity index is 306. The fourth-order valence-electron chi connectivity index (χ4n) is 1.45. The first-order valence-electron chi connectivity index (χ1n) is 5.36. The van der Waals surface area contributed by atoms with Crippen molar-refractivity contribution < 1.29 is 8.76 Å². The monoisotopic (exact) mass is 225 g/mol. The molecule has 0 aliphatic carbocycles. The molecule has 0 aromatic heterocycles. The van der Waals surface area contributed by atoms with Gasteiger partial charge in [-0.15, -0.1) is 0 Å². The summed E-state index contributed by atoms with van der Waals surface area (Å²) in [7, 11) is 0. The zero-order chi connectivity index (χ0) is 11.1. The topological polar surface area (TPSA) is 40.1 Å². The van der Waals surface area contributed by atoms with Gasteiger partial charge in [0.25, 0.3) is 0 Å². The van der Waals surface area contributed by atoms with Crippen LogP contribution >= 0.6 is 0 Å². The maximum atomic E-state index is 10.4. The lowest BCUT2D eigenvalue weighted by Gasteiger charge is -2.05. The van der Waals surface area contributed by atoms with Gasteiger partial charge in [-0.25, -0.2) is 0 Å². The van der Waals surface area contributed by atoms with Crippen LogP contribution in [0.4, 0.5) is 0 Å². The van der Waals surface area contributed by atoms with Gasteiger partial charge in [-0.3, -0.25) is 4.21 Å². The Morgan fingerprint density at radius 1 is 1.13 bits per heavy atom. The lowest BCUT2D eigenvalue weighted by atomic mass is 10.1. The van der Waals surface area contributed by atoms with Crippen molar-refractivity contribution in [3.05, 3.63) is 35.4 Å². The molecule has 0 saturated carbocycles. The SMILES string of the molecule is CCCCc1ccc(CCS(=O)[O-])cc1.